The molecular weight excluding hydrogens is 405 g/mol. The average molecular weight is 427 g/mol. The molecule has 1 aromatic carbocycles. The molecule has 30 heavy (non-hydrogen) atoms. The highest BCUT2D eigenvalue weighted by atomic mass is 19.4. The minimum atomic E-state index is -4.42. The van der Waals surface area contributed by atoms with Gasteiger partial charge < -0.3 is 5.32 Å². The Bertz CT molecular complexity index is 937. The van der Waals surface area contributed by atoms with Crippen molar-refractivity contribution in [3.05, 3.63) is 35.4 Å². The molecule has 162 valence electrons. The van der Waals surface area contributed by atoms with Crippen molar-refractivity contribution in [1.82, 2.24) is 9.78 Å². The minimum Gasteiger partial charge on any atom is -0.309 e. The van der Waals surface area contributed by atoms with Crippen LogP contribution in [-0.2, 0) is 18.0 Å². The average Bonchev–Trinajstić information content (AvgIpc) is 2.86. The van der Waals surface area contributed by atoms with Crippen molar-refractivity contribution in [3.63, 3.8) is 0 Å². The maximum Gasteiger partial charge on any atom is 0.416 e. The lowest BCUT2D eigenvalue weighted by molar-refractivity contribution is -0.137. The van der Waals surface area contributed by atoms with E-state index < -0.39 is 17.7 Å². The number of hydrogen-bond donors (Lipinski definition) is 1. The Labute approximate surface area is 170 Å². The molecular formula is C21H22F5N3O. The van der Waals surface area contributed by atoms with Crippen LogP contribution >= 0.6 is 0 Å². The summed E-state index contributed by atoms with van der Waals surface area (Å²) < 4.78 is 66.3. The molecule has 4 rings (SSSR count). The molecule has 1 amide bonds. The van der Waals surface area contributed by atoms with Crippen LogP contribution in [0.3, 0.4) is 0 Å². The van der Waals surface area contributed by atoms with E-state index in [0.29, 0.717) is 17.1 Å². The molecule has 0 spiro atoms. The number of halogens is 5. The van der Waals surface area contributed by atoms with Crippen molar-refractivity contribution in [2.45, 2.75) is 56.5 Å². The van der Waals surface area contributed by atoms with Gasteiger partial charge in [-0.15, -0.1) is 0 Å². The molecule has 2 aliphatic carbocycles. The van der Waals surface area contributed by atoms with E-state index in [-0.39, 0.29) is 37.0 Å². The molecule has 0 atom stereocenters. The van der Waals surface area contributed by atoms with Crippen LogP contribution in [0.4, 0.5) is 27.8 Å². The number of benzene rings is 1. The van der Waals surface area contributed by atoms with Crippen molar-refractivity contribution in [1.29, 1.82) is 0 Å². The Morgan fingerprint density at radius 3 is 2.33 bits per heavy atom. The number of carbonyl (C=O) groups excluding carboxylic acids is 1. The van der Waals surface area contributed by atoms with Crippen LogP contribution in [0.1, 0.15) is 55.6 Å². The summed E-state index contributed by atoms with van der Waals surface area (Å²) in [5.41, 5.74) is 1.32. The van der Waals surface area contributed by atoms with Gasteiger partial charge in [0, 0.05) is 37.4 Å². The largest absolute Gasteiger partial charge is 0.416 e. The third-order valence-electron chi connectivity index (χ3n) is 5.99. The molecule has 2 saturated carbocycles. The molecule has 1 aromatic heterocycles. The van der Waals surface area contributed by atoms with E-state index in [1.165, 1.54) is 12.1 Å². The molecule has 2 fully saturated rings. The van der Waals surface area contributed by atoms with Crippen molar-refractivity contribution in [3.8, 4) is 11.3 Å². The Morgan fingerprint density at radius 1 is 1.20 bits per heavy atom. The fraction of sp³-hybridized carbons (Fsp3) is 0.524. The lowest BCUT2D eigenvalue weighted by Crippen LogP contribution is -2.37. The maximum atomic E-state index is 13.0. The smallest absolute Gasteiger partial charge is 0.309 e. The standard InChI is InChI=1S/C21H22F5N3O/c1-29-18(14-5-7-15(8-6-14)21(24,25)26)17(13-3-2-4-13)19(28-29)27-16(30)9-12-10-20(22,23)11-12/h5-8,12-13H,2-4,9-11H2,1H3,(H,27,28,30). The molecule has 1 heterocycles. The van der Waals surface area contributed by atoms with Gasteiger partial charge in [0.2, 0.25) is 11.8 Å². The third kappa shape index (κ3) is 4.06. The zero-order valence-electron chi connectivity index (χ0n) is 16.4. The summed E-state index contributed by atoms with van der Waals surface area (Å²) in [5.74, 6) is -2.87. The van der Waals surface area contributed by atoms with Gasteiger partial charge in [-0.3, -0.25) is 9.48 Å². The molecule has 2 aromatic rings. The molecule has 0 radical (unpaired) electrons. The van der Waals surface area contributed by atoms with Gasteiger partial charge in [-0.1, -0.05) is 18.6 Å². The van der Waals surface area contributed by atoms with Crippen LogP contribution in [0.15, 0.2) is 24.3 Å². The Hall–Kier alpha value is -2.45. The number of alkyl halides is 5. The van der Waals surface area contributed by atoms with Crippen LogP contribution in [-0.4, -0.2) is 21.6 Å². The molecule has 0 aliphatic heterocycles. The van der Waals surface area contributed by atoms with Crippen LogP contribution in [0.25, 0.3) is 11.3 Å². The van der Waals surface area contributed by atoms with Crippen LogP contribution in [0.5, 0.6) is 0 Å². The van der Waals surface area contributed by atoms with Gasteiger partial charge in [-0.2, -0.15) is 18.3 Å². The first-order chi connectivity index (χ1) is 14.0. The highest BCUT2D eigenvalue weighted by Crippen LogP contribution is 2.46. The molecule has 4 nitrogen and oxygen atoms in total. The fourth-order valence-corrected chi connectivity index (χ4v) is 4.25. The Kier molecular flexibility index (Phi) is 5.10. The van der Waals surface area contributed by atoms with Gasteiger partial charge in [-0.05, 0) is 36.8 Å². The first-order valence-electron chi connectivity index (χ1n) is 9.96. The van der Waals surface area contributed by atoms with Gasteiger partial charge in [-0.25, -0.2) is 8.78 Å². The quantitative estimate of drug-likeness (QED) is 0.618. The van der Waals surface area contributed by atoms with Crippen LogP contribution < -0.4 is 5.32 Å². The minimum absolute atomic E-state index is 0.00584. The molecule has 0 saturated heterocycles. The summed E-state index contributed by atoms with van der Waals surface area (Å²) in [6, 6.07) is 4.87. The number of anilines is 1. The topological polar surface area (TPSA) is 46.9 Å². The van der Waals surface area contributed by atoms with Crippen LogP contribution in [0.2, 0.25) is 0 Å². The van der Waals surface area contributed by atoms with Gasteiger partial charge in [0.15, 0.2) is 5.82 Å². The number of carbonyl (C=O) groups is 1. The van der Waals surface area contributed by atoms with Crippen LogP contribution in [0, 0.1) is 5.92 Å². The van der Waals surface area contributed by atoms with E-state index in [4.69, 9.17) is 0 Å². The van der Waals surface area contributed by atoms with Gasteiger partial charge >= 0.3 is 6.18 Å². The predicted octanol–water partition coefficient (Wildman–Crippen LogP) is 5.75. The van der Waals surface area contributed by atoms with E-state index in [0.717, 1.165) is 37.0 Å². The van der Waals surface area contributed by atoms with Crippen molar-refractivity contribution in [2.24, 2.45) is 13.0 Å². The number of hydrogen-bond acceptors (Lipinski definition) is 2. The maximum absolute atomic E-state index is 13.0. The lowest BCUT2D eigenvalue weighted by atomic mass is 9.78. The number of nitrogens with one attached hydrogen (secondary N) is 1. The van der Waals surface area contributed by atoms with E-state index in [1.54, 1.807) is 11.7 Å². The number of nitrogens with zero attached hydrogens (tertiary/aromatic N) is 2. The van der Waals surface area contributed by atoms with Crippen molar-refractivity contribution < 1.29 is 26.7 Å². The lowest BCUT2D eigenvalue weighted by Gasteiger charge is -2.34. The summed E-state index contributed by atoms with van der Waals surface area (Å²) >= 11 is 0. The second kappa shape index (κ2) is 7.35. The summed E-state index contributed by atoms with van der Waals surface area (Å²) in [6.07, 6.45) is -2.15. The molecule has 1 N–H and O–H groups in total. The normalized spacial score (nSPS) is 19.3. The Balaban J connectivity index is 1.59. The van der Waals surface area contributed by atoms with E-state index in [2.05, 4.69) is 10.4 Å². The zero-order valence-corrected chi connectivity index (χ0v) is 16.4. The SMILES string of the molecule is Cn1nc(NC(=O)CC2CC(F)(F)C2)c(C2CCC2)c1-c1ccc(C(F)(F)F)cc1. The third-order valence-corrected chi connectivity index (χ3v) is 5.99. The highest BCUT2D eigenvalue weighted by molar-refractivity contribution is 5.92. The van der Waals surface area contributed by atoms with Gasteiger partial charge in [0.05, 0.1) is 11.3 Å². The summed E-state index contributed by atoms with van der Waals surface area (Å²) in [6.45, 7) is 0. The second-order valence-corrected chi connectivity index (χ2v) is 8.32. The second-order valence-electron chi connectivity index (χ2n) is 8.32. The first-order valence-corrected chi connectivity index (χ1v) is 9.96. The van der Waals surface area contributed by atoms with E-state index in [1.807, 2.05) is 0 Å². The number of amides is 1. The number of rotatable bonds is 5. The summed E-state index contributed by atoms with van der Waals surface area (Å²) in [7, 11) is 1.68. The zero-order chi connectivity index (χ0) is 21.7. The van der Waals surface area contributed by atoms with Gasteiger partial charge in [0.1, 0.15) is 0 Å². The van der Waals surface area contributed by atoms with E-state index in [9.17, 15) is 26.7 Å². The molecule has 0 bridgehead atoms. The van der Waals surface area contributed by atoms with E-state index >= 15 is 0 Å². The molecule has 9 heteroatoms. The Morgan fingerprint density at radius 2 is 1.83 bits per heavy atom. The number of aryl methyl sites for hydroxylation is 1. The first kappa shape index (κ1) is 20.8. The summed E-state index contributed by atoms with van der Waals surface area (Å²) in [5, 5.41) is 7.15. The molecule has 2 aliphatic rings. The predicted molar refractivity (Wildman–Crippen MR) is 101 cm³/mol. The molecule has 0 unspecified atom stereocenters. The fourth-order valence-electron chi connectivity index (χ4n) is 4.25. The highest BCUT2D eigenvalue weighted by Gasteiger charge is 2.45. The van der Waals surface area contributed by atoms with Crippen molar-refractivity contribution in [2.75, 3.05) is 5.32 Å². The monoisotopic (exact) mass is 427 g/mol. The summed E-state index contributed by atoms with van der Waals surface area (Å²) in [4.78, 5) is 12.4. The number of aromatic nitrogens is 2. The van der Waals surface area contributed by atoms with Crippen molar-refractivity contribution >= 4 is 11.7 Å². The van der Waals surface area contributed by atoms with Gasteiger partial charge in [0.25, 0.3) is 0 Å².